The lowest BCUT2D eigenvalue weighted by molar-refractivity contribution is -0.176. The van der Waals surface area contributed by atoms with E-state index in [-0.39, 0.29) is 35.6 Å². The van der Waals surface area contributed by atoms with Gasteiger partial charge in [0.1, 0.15) is 0 Å². The summed E-state index contributed by atoms with van der Waals surface area (Å²) in [4.78, 5) is 22.5. The van der Waals surface area contributed by atoms with Gasteiger partial charge in [-0.15, -0.1) is 0 Å². The molecule has 0 aromatic rings. The molecule has 140 valence electrons. The molecule has 0 saturated carbocycles. The van der Waals surface area contributed by atoms with Crippen LogP contribution >= 0.6 is 0 Å². The predicted molar refractivity (Wildman–Crippen MR) is 89.1 cm³/mol. The van der Waals surface area contributed by atoms with E-state index in [4.69, 9.17) is 9.47 Å². The van der Waals surface area contributed by atoms with Gasteiger partial charge in [-0.3, -0.25) is 9.59 Å². The minimum atomic E-state index is -0.885. The fourth-order valence-corrected chi connectivity index (χ4v) is 3.70. The van der Waals surface area contributed by atoms with Crippen molar-refractivity contribution in [3.63, 3.8) is 0 Å². The zero-order valence-electron chi connectivity index (χ0n) is 15.7. The Kier molecular flexibility index (Phi) is 6.82. The van der Waals surface area contributed by atoms with E-state index < -0.39 is 11.2 Å². The van der Waals surface area contributed by atoms with Crippen LogP contribution in [0.5, 0.6) is 0 Å². The van der Waals surface area contributed by atoms with E-state index in [1.54, 1.807) is 13.8 Å². The third kappa shape index (κ3) is 4.93. The van der Waals surface area contributed by atoms with Crippen molar-refractivity contribution in [2.45, 2.75) is 65.6 Å². The van der Waals surface area contributed by atoms with Gasteiger partial charge < -0.3 is 19.7 Å². The molecule has 4 atom stereocenters. The van der Waals surface area contributed by atoms with Crippen molar-refractivity contribution in [3.05, 3.63) is 0 Å². The van der Waals surface area contributed by atoms with Gasteiger partial charge in [-0.2, -0.15) is 0 Å². The second-order valence-corrected chi connectivity index (χ2v) is 7.99. The van der Waals surface area contributed by atoms with E-state index in [1.165, 1.54) is 0 Å². The topological polar surface area (TPSA) is 93.1 Å². The van der Waals surface area contributed by atoms with E-state index in [2.05, 4.69) is 0 Å². The number of aliphatic hydroxyl groups is 2. The summed E-state index contributed by atoms with van der Waals surface area (Å²) < 4.78 is 9.78. The minimum Gasteiger partial charge on any atom is -0.465 e. The molecule has 2 aliphatic rings. The molecule has 0 unspecified atom stereocenters. The van der Waals surface area contributed by atoms with Gasteiger partial charge in [-0.1, -0.05) is 27.7 Å². The van der Waals surface area contributed by atoms with Gasteiger partial charge in [0, 0.05) is 12.8 Å². The smallest absolute Gasteiger partial charge is 0.312 e. The van der Waals surface area contributed by atoms with E-state index in [9.17, 15) is 19.8 Å². The monoisotopic (exact) mass is 344 g/mol. The first-order valence-corrected chi connectivity index (χ1v) is 8.68. The number of rotatable bonds is 2. The van der Waals surface area contributed by atoms with Crippen molar-refractivity contribution in [1.82, 2.24) is 0 Å². The number of ether oxygens (including phenoxy) is 2. The Bertz CT molecular complexity index is 410. The Labute approximate surface area is 144 Å². The molecule has 2 aliphatic heterocycles. The van der Waals surface area contributed by atoms with Gasteiger partial charge >= 0.3 is 11.9 Å². The number of hydrogen-bond donors (Lipinski definition) is 2. The molecule has 0 aromatic carbocycles. The molecule has 0 radical (unpaired) electrons. The summed E-state index contributed by atoms with van der Waals surface area (Å²) in [6, 6.07) is 0. The summed E-state index contributed by atoms with van der Waals surface area (Å²) >= 11 is 0. The summed E-state index contributed by atoms with van der Waals surface area (Å²) in [6.45, 7) is 11.8. The molecule has 0 spiro atoms. The van der Waals surface area contributed by atoms with E-state index in [1.807, 2.05) is 27.7 Å². The van der Waals surface area contributed by atoms with Crippen molar-refractivity contribution in [2.24, 2.45) is 23.7 Å². The number of esters is 2. The molecular formula is C18H32O6. The van der Waals surface area contributed by atoms with Crippen molar-refractivity contribution in [1.29, 1.82) is 0 Å². The molecule has 0 amide bonds. The van der Waals surface area contributed by atoms with Gasteiger partial charge in [-0.05, 0) is 25.7 Å². The highest BCUT2D eigenvalue weighted by Gasteiger charge is 2.44. The van der Waals surface area contributed by atoms with Crippen LogP contribution in [0.25, 0.3) is 0 Å². The normalized spacial score (nSPS) is 36.8. The summed E-state index contributed by atoms with van der Waals surface area (Å²) in [6.07, 6.45) is 1.09. The first-order chi connectivity index (χ1) is 10.9. The molecule has 2 rings (SSSR count). The van der Waals surface area contributed by atoms with Gasteiger partial charge in [0.2, 0.25) is 0 Å². The number of cyclic esters (lactones) is 2. The Morgan fingerprint density at radius 3 is 1.29 bits per heavy atom. The van der Waals surface area contributed by atoms with E-state index in [0.717, 1.165) is 0 Å². The highest BCUT2D eigenvalue weighted by molar-refractivity contribution is 5.75. The fraction of sp³-hybridized carbons (Fsp3) is 0.889. The molecule has 2 fully saturated rings. The van der Waals surface area contributed by atoms with Crippen molar-refractivity contribution >= 4 is 11.9 Å². The van der Waals surface area contributed by atoms with Crippen molar-refractivity contribution in [3.8, 4) is 0 Å². The molecule has 2 heterocycles. The molecule has 0 aliphatic carbocycles. The van der Waals surface area contributed by atoms with Crippen LogP contribution in [0.1, 0.15) is 54.4 Å². The second-order valence-electron chi connectivity index (χ2n) is 7.99. The molecule has 0 bridgehead atoms. The Morgan fingerprint density at radius 1 is 0.833 bits per heavy atom. The third-order valence-electron chi connectivity index (χ3n) is 4.89. The SMILES string of the molecule is CC(C)[C@H]1C(=O)OCC[C@@]1(C)O.CC(C)[C@H]1C(=O)OCC[C@@]1(C)O. The quantitative estimate of drug-likeness (QED) is 0.743. The van der Waals surface area contributed by atoms with Crippen LogP contribution in [0.3, 0.4) is 0 Å². The first kappa shape index (κ1) is 20.9. The zero-order valence-corrected chi connectivity index (χ0v) is 15.7. The molecule has 24 heavy (non-hydrogen) atoms. The van der Waals surface area contributed by atoms with Gasteiger partial charge in [0.15, 0.2) is 0 Å². The fourth-order valence-electron chi connectivity index (χ4n) is 3.70. The van der Waals surface area contributed by atoms with Crippen LogP contribution in [-0.4, -0.2) is 46.6 Å². The molecule has 6 heteroatoms. The Morgan fingerprint density at radius 2 is 1.12 bits per heavy atom. The minimum absolute atomic E-state index is 0.132. The number of hydrogen-bond acceptors (Lipinski definition) is 6. The standard InChI is InChI=1S/2C9H16O3/c2*1-6(2)7-8(10)12-5-4-9(7,3)11/h2*6-7,11H,4-5H2,1-3H3/t2*7-,9+/m00/s1. The van der Waals surface area contributed by atoms with Crippen LogP contribution in [0, 0.1) is 23.7 Å². The molecular weight excluding hydrogens is 312 g/mol. The zero-order chi connectivity index (χ0) is 18.7. The van der Waals surface area contributed by atoms with E-state index >= 15 is 0 Å². The Balaban J connectivity index is 0.000000240. The highest BCUT2D eigenvalue weighted by Crippen LogP contribution is 2.33. The van der Waals surface area contributed by atoms with Crippen LogP contribution in [0.4, 0.5) is 0 Å². The molecule has 6 nitrogen and oxygen atoms in total. The van der Waals surface area contributed by atoms with Gasteiger partial charge in [0.25, 0.3) is 0 Å². The van der Waals surface area contributed by atoms with Gasteiger partial charge in [-0.25, -0.2) is 0 Å². The van der Waals surface area contributed by atoms with Crippen molar-refractivity contribution in [2.75, 3.05) is 13.2 Å². The largest absolute Gasteiger partial charge is 0.465 e. The first-order valence-electron chi connectivity index (χ1n) is 8.68. The molecule has 0 aromatic heterocycles. The number of carbonyl (C=O) groups excluding carboxylic acids is 2. The lowest BCUT2D eigenvalue weighted by atomic mass is 9.78. The van der Waals surface area contributed by atoms with Crippen LogP contribution in [0.15, 0.2) is 0 Å². The van der Waals surface area contributed by atoms with Crippen molar-refractivity contribution < 1.29 is 29.3 Å². The number of carbonyl (C=O) groups is 2. The second kappa shape index (κ2) is 7.83. The third-order valence-corrected chi connectivity index (χ3v) is 4.89. The maximum Gasteiger partial charge on any atom is 0.312 e. The Hall–Kier alpha value is -1.14. The lowest BCUT2D eigenvalue weighted by Crippen LogP contribution is -2.48. The summed E-state index contributed by atoms with van der Waals surface area (Å²) in [5.74, 6) is -0.999. The molecule has 2 saturated heterocycles. The van der Waals surface area contributed by atoms with Crippen LogP contribution < -0.4 is 0 Å². The maximum atomic E-state index is 11.3. The molecule has 2 N–H and O–H groups in total. The van der Waals surface area contributed by atoms with E-state index in [0.29, 0.717) is 26.1 Å². The highest BCUT2D eigenvalue weighted by atomic mass is 16.5. The maximum absolute atomic E-state index is 11.3. The summed E-state index contributed by atoms with van der Waals surface area (Å²) in [7, 11) is 0. The van der Waals surface area contributed by atoms with Crippen LogP contribution in [0.2, 0.25) is 0 Å². The average molecular weight is 344 g/mol. The lowest BCUT2D eigenvalue weighted by Gasteiger charge is -2.37. The van der Waals surface area contributed by atoms with Gasteiger partial charge in [0.05, 0.1) is 36.3 Å². The summed E-state index contributed by atoms with van der Waals surface area (Å²) in [5.41, 5.74) is -1.77. The van der Waals surface area contributed by atoms with Crippen LogP contribution in [-0.2, 0) is 19.1 Å². The summed E-state index contributed by atoms with van der Waals surface area (Å²) in [5, 5.41) is 19.7. The average Bonchev–Trinajstić information content (AvgIpc) is 2.35. The predicted octanol–water partition coefficient (Wildman–Crippen LogP) is 1.91.